The number of aromatic nitrogens is 1. The highest BCUT2D eigenvalue weighted by Crippen LogP contribution is 2.46. The van der Waals surface area contributed by atoms with Crippen molar-refractivity contribution in [3.05, 3.63) is 94.7 Å². The van der Waals surface area contributed by atoms with Crippen LogP contribution in [0.3, 0.4) is 0 Å². The van der Waals surface area contributed by atoms with Gasteiger partial charge in [-0.25, -0.2) is 4.39 Å². The molecule has 0 saturated carbocycles. The number of halogens is 2. The number of nitrogens with zero attached hydrogens (tertiary/aromatic N) is 2. The Morgan fingerprint density at radius 1 is 1.06 bits per heavy atom. The molecule has 1 saturated heterocycles. The first-order chi connectivity index (χ1) is 17.0. The lowest BCUT2D eigenvalue weighted by Gasteiger charge is -2.27. The molecule has 2 aromatic carbocycles. The smallest absolute Gasteiger partial charge is 0.174 e. The predicted molar refractivity (Wildman–Crippen MR) is 139 cm³/mol. The fourth-order valence-corrected chi connectivity index (χ4v) is 4.91. The van der Waals surface area contributed by atoms with Gasteiger partial charge in [-0.15, -0.1) is 0 Å². The van der Waals surface area contributed by atoms with Crippen molar-refractivity contribution in [1.29, 1.82) is 0 Å². The number of furan rings is 1. The second-order valence-electron chi connectivity index (χ2n) is 7.86. The number of pyridine rings is 1. The van der Waals surface area contributed by atoms with Gasteiger partial charge in [0.2, 0.25) is 0 Å². The van der Waals surface area contributed by atoms with Crippen LogP contribution >= 0.6 is 28.1 Å². The van der Waals surface area contributed by atoms with E-state index in [2.05, 4.69) is 26.2 Å². The summed E-state index contributed by atoms with van der Waals surface area (Å²) >= 11 is 9.07. The Hall–Kier alpha value is -3.43. The second kappa shape index (κ2) is 9.67. The number of benzene rings is 2. The Bertz CT molecular complexity index is 1380. The van der Waals surface area contributed by atoms with Crippen molar-refractivity contribution in [3.8, 4) is 22.8 Å². The molecule has 6 nitrogen and oxygen atoms in total. The lowest BCUT2D eigenvalue weighted by molar-refractivity contribution is 0.392. The van der Waals surface area contributed by atoms with Crippen LogP contribution in [-0.4, -0.2) is 24.3 Å². The van der Waals surface area contributed by atoms with Crippen LogP contribution in [0.2, 0.25) is 0 Å². The summed E-state index contributed by atoms with van der Waals surface area (Å²) in [6.45, 7) is 0. The summed E-state index contributed by atoms with van der Waals surface area (Å²) in [6.07, 6.45) is 1.73. The molecule has 178 valence electrons. The van der Waals surface area contributed by atoms with Crippen LogP contribution in [0.25, 0.3) is 11.3 Å². The van der Waals surface area contributed by atoms with Gasteiger partial charge in [-0.1, -0.05) is 22.0 Å². The molecule has 1 aliphatic rings. The highest BCUT2D eigenvalue weighted by molar-refractivity contribution is 9.10. The molecule has 1 N–H and O–H groups in total. The van der Waals surface area contributed by atoms with Gasteiger partial charge in [0.15, 0.2) is 5.11 Å². The summed E-state index contributed by atoms with van der Waals surface area (Å²) in [6, 6.07) is 19.0. The van der Waals surface area contributed by atoms with E-state index in [0.717, 1.165) is 11.4 Å². The van der Waals surface area contributed by atoms with E-state index in [1.807, 2.05) is 41.3 Å². The lowest BCUT2D eigenvalue weighted by Crippen LogP contribution is -2.29. The van der Waals surface area contributed by atoms with Crippen LogP contribution in [0, 0.1) is 5.82 Å². The van der Waals surface area contributed by atoms with E-state index in [1.54, 1.807) is 44.7 Å². The molecule has 0 bridgehead atoms. The number of ether oxygens (including phenoxy) is 2. The number of thiocarbonyl (C=S) groups is 1. The molecule has 2 atom stereocenters. The van der Waals surface area contributed by atoms with Gasteiger partial charge in [-0.2, -0.15) is 0 Å². The SMILES string of the molecule is COc1ccc(N2C(=S)NC(c3ccccn3)C2c2ccc(-c3ccc(Br)cc3F)o2)c(OC)c1. The normalized spacial score (nSPS) is 17.4. The Balaban J connectivity index is 1.63. The summed E-state index contributed by atoms with van der Waals surface area (Å²) in [5.41, 5.74) is 1.90. The second-order valence-corrected chi connectivity index (χ2v) is 9.16. The van der Waals surface area contributed by atoms with E-state index >= 15 is 0 Å². The van der Waals surface area contributed by atoms with Crippen molar-refractivity contribution in [2.75, 3.05) is 19.1 Å². The van der Waals surface area contributed by atoms with E-state index in [4.69, 9.17) is 26.1 Å². The van der Waals surface area contributed by atoms with Crippen LogP contribution < -0.4 is 19.7 Å². The Kier molecular flexibility index (Phi) is 6.44. The monoisotopic (exact) mass is 553 g/mol. The molecule has 0 amide bonds. The molecule has 0 aliphatic carbocycles. The van der Waals surface area contributed by atoms with Gasteiger partial charge in [-0.05, 0) is 66.8 Å². The molecule has 0 spiro atoms. The third kappa shape index (κ3) is 4.37. The molecular formula is C26H21BrFN3O3S. The molecule has 1 fully saturated rings. The van der Waals surface area contributed by atoms with Gasteiger partial charge in [-0.3, -0.25) is 4.98 Å². The van der Waals surface area contributed by atoms with Gasteiger partial charge in [0.25, 0.3) is 0 Å². The van der Waals surface area contributed by atoms with Gasteiger partial charge in [0, 0.05) is 16.7 Å². The van der Waals surface area contributed by atoms with Gasteiger partial charge in [0.1, 0.15) is 34.9 Å². The molecule has 9 heteroatoms. The van der Waals surface area contributed by atoms with Crippen LogP contribution in [-0.2, 0) is 0 Å². The van der Waals surface area contributed by atoms with Gasteiger partial charge < -0.3 is 24.1 Å². The molecule has 2 unspecified atom stereocenters. The molecule has 35 heavy (non-hydrogen) atoms. The molecule has 3 heterocycles. The number of anilines is 1. The maximum Gasteiger partial charge on any atom is 0.174 e. The zero-order chi connectivity index (χ0) is 24.5. The number of hydrogen-bond acceptors (Lipinski definition) is 5. The minimum Gasteiger partial charge on any atom is -0.497 e. The average molecular weight is 554 g/mol. The number of rotatable bonds is 6. The Morgan fingerprint density at radius 3 is 2.63 bits per heavy atom. The molecule has 5 rings (SSSR count). The van der Waals surface area contributed by atoms with Crippen molar-refractivity contribution in [3.63, 3.8) is 0 Å². The van der Waals surface area contributed by atoms with E-state index in [1.165, 1.54) is 6.07 Å². The average Bonchev–Trinajstić information content (AvgIpc) is 3.48. The highest BCUT2D eigenvalue weighted by atomic mass is 79.9. The number of nitrogens with one attached hydrogen (secondary N) is 1. The Labute approximate surface area is 215 Å². The first-order valence-corrected chi connectivity index (χ1v) is 12.0. The van der Waals surface area contributed by atoms with E-state index < -0.39 is 6.04 Å². The first-order valence-electron chi connectivity index (χ1n) is 10.8. The third-order valence-corrected chi connectivity index (χ3v) is 6.67. The van der Waals surface area contributed by atoms with Gasteiger partial charge in [0.05, 0.1) is 37.2 Å². The molecular weight excluding hydrogens is 533 g/mol. The van der Waals surface area contributed by atoms with Crippen molar-refractivity contribution >= 4 is 38.9 Å². The van der Waals surface area contributed by atoms with Crippen molar-refractivity contribution in [1.82, 2.24) is 10.3 Å². The van der Waals surface area contributed by atoms with Crippen LogP contribution in [0.5, 0.6) is 11.5 Å². The standard InChI is InChI=1S/C26H21BrFN3O3S/c1-32-16-7-9-20(23(14-16)33-2)31-25(24(30-26(31)35)19-5-3-4-12-29-19)22-11-10-21(34-22)17-8-6-15(27)13-18(17)28/h3-14,24-25H,1-2H3,(H,30,35). The van der Waals surface area contributed by atoms with E-state index in [9.17, 15) is 4.39 Å². The minimum absolute atomic E-state index is 0.315. The summed E-state index contributed by atoms with van der Waals surface area (Å²) in [5, 5.41) is 3.87. The summed E-state index contributed by atoms with van der Waals surface area (Å²) < 4.78 is 32.6. The van der Waals surface area contributed by atoms with E-state index in [0.29, 0.717) is 38.2 Å². The number of hydrogen-bond donors (Lipinski definition) is 1. The maximum absolute atomic E-state index is 14.7. The largest absolute Gasteiger partial charge is 0.497 e. The summed E-state index contributed by atoms with van der Waals surface area (Å²) in [7, 11) is 3.19. The fourth-order valence-electron chi connectivity index (χ4n) is 4.23. The summed E-state index contributed by atoms with van der Waals surface area (Å²) in [5.74, 6) is 1.89. The zero-order valence-corrected chi connectivity index (χ0v) is 21.3. The highest BCUT2D eigenvalue weighted by Gasteiger charge is 2.43. The molecule has 4 aromatic rings. The van der Waals surface area contributed by atoms with Crippen molar-refractivity contribution in [2.24, 2.45) is 0 Å². The van der Waals surface area contributed by atoms with Crippen LogP contribution in [0.15, 0.2) is 81.8 Å². The maximum atomic E-state index is 14.7. The van der Waals surface area contributed by atoms with Gasteiger partial charge >= 0.3 is 0 Å². The fraction of sp³-hybridized carbons (Fsp3) is 0.154. The first kappa shape index (κ1) is 23.3. The van der Waals surface area contributed by atoms with Crippen LogP contribution in [0.4, 0.5) is 10.1 Å². The molecule has 0 radical (unpaired) electrons. The lowest BCUT2D eigenvalue weighted by atomic mass is 10.0. The molecule has 2 aromatic heterocycles. The summed E-state index contributed by atoms with van der Waals surface area (Å²) in [4.78, 5) is 6.49. The van der Waals surface area contributed by atoms with Crippen molar-refractivity contribution < 1.29 is 18.3 Å². The zero-order valence-electron chi connectivity index (χ0n) is 18.9. The van der Waals surface area contributed by atoms with E-state index in [-0.39, 0.29) is 11.9 Å². The van der Waals surface area contributed by atoms with Crippen molar-refractivity contribution in [2.45, 2.75) is 12.1 Å². The Morgan fingerprint density at radius 2 is 1.91 bits per heavy atom. The quantitative estimate of drug-likeness (QED) is 0.276. The molecule has 1 aliphatic heterocycles. The third-order valence-electron chi connectivity index (χ3n) is 5.86. The van der Waals surface area contributed by atoms with Crippen LogP contribution in [0.1, 0.15) is 23.5 Å². The topological polar surface area (TPSA) is 59.8 Å². The predicted octanol–water partition coefficient (Wildman–Crippen LogP) is 6.44. The minimum atomic E-state index is -0.410. The number of methoxy groups -OCH3 is 2.